The van der Waals surface area contributed by atoms with E-state index in [2.05, 4.69) is 37.9 Å². The fraction of sp³-hybridized carbons (Fsp3) is 0.500. The molecule has 0 aromatic heterocycles. The van der Waals surface area contributed by atoms with E-state index < -0.39 is 0 Å². The van der Waals surface area contributed by atoms with Gasteiger partial charge in [-0.05, 0) is 51.4 Å². The highest BCUT2D eigenvalue weighted by atomic mass is 16.5. The van der Waals surface area contributed by atoms with Gasteiger partial charge in [0, 0.05) is 12.6 Å². The minimum atomic E-state index is 0.548. The fourth-order valence-electron chi connectivity index (χ4n) is 2.61. The third-order valence-electron chi connectivity index (χ3n) is 4.13. The predicted octanol–water partition coefficient (Wildman–Crippen LogP) is 3.28. The number of nitrogens with zero attached hydrogens (tertiary/aromatic N) is 1. The van der Waals surface area contributed by atoms with Crippen molar-refractivity contribution in [2.75, 3.05) is 20.7 Å². The van der Waals surface area contributed by atoms with Gasteiger partial charge in [-0.15, -0.1) is 0 Å². The van der Waals surface area contributed by atoms with E-state index in [0.29, 0.717) is 6.04 Å². The van der Waals surface area contributed by atoms with Crippen LogP contribution in [-0.4, -0.2) is 31.6 Å². The van der Waals surface area contributed by atoms with Gasteiger partial charge in [0.25, 0.3) is 0 Å². The molecule has 0 saturated carbocycles. The molecule has 0 spiro atoms. The molecule has 1 atom stereocenters. The average Bonchev–Trinajstić information content (AvgIpc) is 2.40. The molecule has 98 valence electrons. The molecule has 18 heavy (non-hydrogen) atoms. The Labute approximate surface area is 110 Å². The molecule has 0 fully saturated rings. The molecule has 0 amide bonds. The molecule has 1 aliphatic rings. The molecule has 2 rings (SSSR count). The van der Waals surface area contributed by atoms with Gasteiger partial charge in [0.1, 0.15) is 5.75 Å². The first-order valence-electron chi connectivity index (χ1n) is 6.61. The summed E-state index contributed by atoms with van der Waals surface area (Å²) in [6.07, 6.45) is 2.30. The smallest absolute Gasteiger partial charge is 0.118 e. The molecule has 0 aliphatic carbocycles. The van der Waals surface area contributed by atoms with Crippen LogP contribution in [0.3, 0.4) is 0 Å². The van der Waals surface area contributed by atoms with Gasteiger partial charge in [-0.3, -0.25) is 4.90 Å². The number of rotatable bonds is 3. The molecule has 1 aromatic carbocycles. The van der Waals surface area contributed by atoms with Crippen molar-refractivity contribution in [1.82, 2.24) is 4.90 Å². The molecule has 1 aliphatic heterocycles. The normalized spacial score (nSPS) is 21.2. The van der Waals surface area contributed by atoms with E-state index in [9.17, 15) is 0 Å². The standard InChI is InChI=1S/C16H23NO/c1-12-9-10-17(3)16(13(12)2)11-14-5-7-15(18-4)8-6-14/h5-8,16H,9-11H2,1-4H3. The Balaban J connectivity index is 2.14. The topological polar surface area (TPSA) is 12.5 Å². The van der Waals surface area contributed by atoms with Crippen LogP contribution in [0.15, 0.2) is 35.4 Å². The molecule has 0 saturated heterocycles. The van der Waals surface area contributed by atoms with Crippen molar-refractivity contribution in [3.05, 3.63) is 41.0 Å². The van der Waals surface area contributed by atoms with E-state index in [1.807, 2.05) is 12.1 Å². The number of likely N-dealkylation sites (N-methyl/N-ethyl adjacent to an activating group) is 1. The summed E-state index contributed by atoms with van der Waals surface area (Å²) >= 11 is 0. The van der Waals surface area contributed by atoms with E-state index in [1.54, 1.807) is 18.3 Å². The SMILES string of the molecule is COc1ccc(CC2C(C)=C(C)CCN2C)cc1. The van der Waals surface area contributed by atoms with E-state index in [1.165, 1.54) is 18.5 Å². The first-order valence-corrected chi connectivity index (χ1v) is 6.61. The lowest BCUT2D eigenvalue weighted by Crippen LogP contribution is -2.38. The third-order valence-corrected chi connectivity index (χ3v) is 4.13. The maximum Gasteiger partial charge on any atom is 0.118 e. The third kappa shape index (κ3) is 2.75. The van der Waals surface area contributed by atoms with Crippen molar-refractivity contribution in [2.45, 2.75) is 32.7 Å². The first-order chi connectivity index (χ1) is 8.61. The van der Waals surface area contributed by atoms with Gasteiger partial charge >= 0.3 is 0 Å². The Bertz CT molecular complexity index is 433. The van der Waals surface area contributed by atoms with Crippen LogP contribution in [-0.2, 0) is 6.42 Å². The zero-order valence-corrected chi connectivity index (χ0v) is 11.9. The van der Waals surface area contributed by atoms with E-state index in [-0.39, 0.29) is 0 Å². The van der Waals surface area contributed by atoms with Crippen molar-refractivity contribution in [1.29, 1.82) is 0 Å². The molecule has 0 N–H and O–H groups in total. The Morgan fingerprint density at radius 2 is 1.89 bits per heavy atom. The number of hydrogen-bond acceptors (Lipinski definition) is 2. The van der Waals surface area contributed by atoms with Crippen molar-refractivity contribution >= 4 is 0 Å². The largest absolute Gasteiger partial charge is 0.497 e. The summed E-state index contributed by atoms with van der Waals surface area (Å²) in [7, 11) is 3.93. The second-order valence-electron chi connectivity index (χ2n) is 5.26. The van der Waals surface area contributed by atoms with E-state index in [0.717, 1.165) is 12.2 Å². The van der Waals surface area contributed by atoms with Gasteiger partial charge in [0.2, 0.25) is 0 Å². The summed E-state index contributed by atoms with van der Waals surface area (Å²) in [5.74, 6) is 0.930. The molecule has 2 nitrogen and oxygen atoms in total. The van der Waals surface area contributed by atoms with Crippen molar-refractivity contribution in [3.8, 4) is 5.75 Å². The zero-order chi connectivity index (χ0) is 13.1. The second kappa shape index (κ2) is 5.57. The minimum absolute atomic E-state index is 0.548. The Morgan fingerprint density at radius 3 is 2.50 bits per heavy atom. The summed E-state index contributed by atoms with van der Waals surface area (Å²) < 4.78 is 5.20. The number of hydrogen-bond donors (Lipinski definition) is 0. The van der Waals surface area contributed by atoms with E-state index >= 15 is 0 Å². The second-order valence-corrected chi connectivity index (χ2v) is 5.26. The molecule has 0 radical (unpaired) electrons. The first kappa shape index (κ1) is 13.2. The maximum atomic E-state index is 5.20. The minimum Gasteiger partial charge on any atom is -0.497 e. The molecule has 1 aromatic rings. The van der Waals surface area contributed by atoms with Gasteiger partial charge in [-0.2, -0.15) is 0 Å². The van der Waals surface area contributed by atoms with Crippen molar-refractivity contribution in [2.24, 2.45) is 0 Å². The highest BCUT2D eigenvalue weighted by molar-refractivity contribution is 5.30. The molecule has 0 bridgehead atoms. The Hall–Kier alpha value is -1.28. The van der Waals surface area contributed by atoms with Gasteiger partial charge in [0.15, 0.2) is 0 Å². The molecular weight excluding hydrogens is 222 g/mol. The summed E-state index contributed by atoms with van der Waals surface area (Å²) in [5.41, 5.74) is 4.48. The lowest BCUT2D eigenvalue weighted by molar-refractivity contribution is 0.255. The van der Waals surface area contributed by atoms with Crippen LogP contribution < -0.4 is 4.74 Å². The van der Waals surface area contributed by atoms with Crippen LogP contribution in [0.5, 0.6) is 5.75 Å². The van der Waals surface area contributed by atoms with Gasteiger partial charge in [0.05, 0.1) is 7.11 Å². The fourth-order valence-corrected chi connectivity index (χ4v) is 2.61. The van der Waals surface area contributed by atoms with Gasteiger partial charge < -0.3 is 4.74 Å². The monoisotopic (exact) mass is 245 g/mol. The van der Waals surface area contributed by atoms with Gasteiger partial charge in [-0.25, -0.2) is 0 Å². The Morgan fingerprint density at radius 1 is 1.22 bits per heavy atom. The van der Waals surface area contributed by atoms with Crippen molar-refractivity contribution < 1.29 is 4.74 Å². The zero-order valence-electron chi connectivity index (χ0n) is 11.9. The van der Waals surface area contributed by atoms with Crippen LogP contribution in [0.1, 0.15) is 25.8 Å². The van der Waals surface area contributed by atoms with Crippen LogP contribution in [0.2, 0.25) is 0 Å². The van der Waals surface area contributed by atoms with Crippen LogP contribution in [0, 0.1) is 0 Å². The van der Waals surface area contributed by atoms with Crippen LogP contribution >= 0.6 is 0 Å². The number of ether oxygens (including phenoxy) is 1. The average molecular weight is 245 g/mol. The quantitative estimate of drug-likeness (QED) is 0.758. The van der Waals surface area contributed by atoms with Crippen LogP contribution in [0.25, 0.3) is 0 Å². The maximum absolute atomic E-state index is 5.20. The summed E-state index contributed by atoms with van der Waals surface area (Å²) in [6.45, 7) is 5.71. The van der Waals surface area contributed by atoms with Crippen LogP contribution in [0.4, 0.5) is 0 Å². The number of benzene rings is 1. The lowest BCUT2D eigenvalue weighted by atomic mass is 9.91. The van der Waals surface area contributed by atoms with Gasteiger partial charge in [-0.1, -0.05) is 23.3 Å². The molecule has 1 heterocycles. The molecule has 2 heteroatoms. The predicted molar refractivity (Wildman–Crippen MR) is 76.1 cm³/mol. The number of methoxy groups -OCH3 is 1. The summed E-state index contributed by atoms with van der Waals surface area (Å²) in [4.78, 5) is 2.46. The van der Waals surface area contributed by atoms with Crippen molar-refractivity contribution in [3.63, 3.8) is 0 Å². The lowest BCUT2D eigenvalue weighted by Gasteiger charge is -2.34. The molecular formula is C16H23NO. The highest BCUT2D eigenvalue weighted by Gasteiger charge is 2.22. The highest BCUT2D eigenvalue weighted by Crippen LogP contribution is 2.25. The summed E-state index contributed by atoms with van der Waals surface area (Å²) in [6, 6.07) is 8.98. The van der Waals surface area contributed by atoms with E-state index in [4.69, 9.17) is 4.74 Å². The molecule has 1 unspecified atom stereocenters. The summed E-state index contributed by atoms with van der Waals surface area (Å²) in [5, 5.41) is 0. The Kier molecular flexibility index (Phi) is 4.07.